The van der Waals surface area contributed by atoms with Gasteiger partial charge >= 0.3 is 47.8 Å². The summed E-state index contributed by atoms with van der Waals surface area (Å²) in [7, 11) is 0. The Morgan fingerprint density at radius 3 is 0.458 bits per heavy atom. The van der Waals surface area contributed by atoms with Gasteiger partial charge in [0.1, 0.15) is 0 Å². The van der Waals surface area contributed by atoms with E-state index in [0.717, 1.165) is 0 Å². The molecule has 0 amide bonds. The third-order valence-electron chi connectivity index (χ3n) is 12.0. The summed E-state index contributed by atoms with van der Waals surface area (Å²) in [6.07, 6.45) is -2.33. The predicted octanol–water partition coefficient (Wildman–Crippen LogP) is 4.52. The van der Waals surface area contributed by atoms with Crippen molar-refractivity contribution in [3.63, 3.8) is 0 Å². The molecule has 8 bridgehead atoms. The molecule has 20 nitrogen and oxygen atoms in total. The molecule has 72 heavy (non-hydrogen) atoms. The van der Waals surface area contributed by atoms with E-state index in [1.807, 2.05) is 0 Å². The molecule has 0 fully saturated rings. The van der Waals surface area contributed by atoms with E-state index in [9.17, 15) is 38.4 Å². The Morgan fingerprint density at radius 1 is 0.250 bits per heavy atom. The second kappa shape index (κ2) is 26.9. The lowest BCUT2D eigenvalue weighted by atomic mass is 9.94. The molecule has 0 atom stereocenters. The molecule has 0 saturated carbocycles. The zero-order chi connectivity index (χ0) is 52.5. The van der Waals surface area contributed by atoms with Crippen molar-refractivity contribution in [2.45, 2.75) is 132 Å². The van der Waals surface area contributed by atoms with E-state index in [0.29, 0.717) is 90.1 Å². The summed E-state index contributed by atoms with van der Waals surface area (Å²) >= 11 is 0. The van der Waals surface area contributed by atoms with Crippen molar-refractivity contribution in [2.24, 2.45) is 0 Å². The number of aromatic amines is 4. The van der Waals surface area contributed by atoms with E-state index < -0.39 is 47.8 Å². The van der Waals surface area contributed by atoms with Gasteiger partial charge in [0.15, 0.2) is 0 Å². The van der Waals surface area contributed by atoms with Gasteiger partial charge in [-0.15, -0.1) is 0 Å². The van der Waals surface area contributed by atoms with E-state index in [1.165, 1.54) is 0 Å². The van der Waals surface area contributed by atoms with Gasteiger partial charge in [0.25, 0.3) is 0 Å². The normalized spacial score (nSPS) is 11.9. The zero-order valence-corrected chi connectivity index (χ0v) is 42.7. The maximum Gasteiger partial charge on any atom is 0.310 e. The molecule has 0 aliphatic carbocycles. The number of hydrogen-bond acceptors (Lipinski definition) is 16. The van der Waals surface area contributed by atoms with Crippen LogP contribution in [0.2, 0.25) is 0 Å². The molecular weight excluding hydrogens is 937 g/mol. The molecule has 0 saturated heterocycles. The monoisotopic (exact) mass is 1000 g/mol. The van der Waals surface area contributed by atoms with Crippen molar-refractivity contribution in [1.29, 1.82) is 0 Å². The minimum atomic E-state index is -0.584. The summed E-state index contributed by atoms with van der Waals surface area (Å²) in [6, 6.07) is 0. The van der Waals surface area contributed by atoms with Crippen molar-refractivity contribution in [1.82, 2.24) is 19.9 Å². The van der Waals surface area contributed by atoms with Crippen LogP contribution in [0.15, 0.2) is 0 Å². The highest BCUT2D eigenvalue weighted by Gasteiger charge is 2.32. The molecular formula is C52H68N4O16. The highest BCUT2D eigenvalue weighted by atomic mass is 16.6. The maximum absolute atomic E-state index is 13.5. The van der Waals surface area contributed by atoms with Crippen LogP contribution in [-0.4, -0.2) is 121 Å². The fourth-order valence-corrected chi connectivity index (χ4v) is 9.26. The number of fused-ring (bicyclic) bond motifs is 8. The van der Waals surface area contributed by atoms with Gasteiger partial charge < -0.3 is 57.8 Å². The topological polar surface area (TPSA) is 274 Å². The van der Waals surface area contributed by atoms with Crippen LogP contribution in [-0.2, 0) is 153 Å². The average Bonchev–Trinajstić information content (AvgIpc) is 3.99. The van der Waals surface area contributed by atoms with Crippen molar-refractivity contribution < 1.29 is 76.3 Å². The van der Waals surface area contributed by atoms with E-state index in [2.05, 4.69) is 19.9 Å². The van der Waals surface area contributed by atoms with Gasteiger partial charge in [-0.25, -0.2) is 0 Å². The summed E-state index contributed by atoms with van der Waals surface area (Å²) in [6.45, 7) is 14.0. The summed E-state index contributed by atoms with van der Waals surface area (Å²) < 4.78 is 43.6. The minimum Gasteiger partial charge on any atom is -0.466 e. The fourth-order valence-electron chi connectivity index (χ4n) is 9.26. The summed E-state index contributed by atoms with van der Waals surface area (Å²) in [5.41, 5.74) is 7.02. The van der Waals surface area contributed by atoms with Crippen LogP contribution in [0.4, 0.5) is 0 Å². The van der Waals surface area contributed by atoms with Gasteiger partial charge in [0, 0.05) is 71.2 Å². The molecule has 20 heteroatoms. The molecule has 4 aromatic rings. The van der Waals surface area contributed by atoms with Crippen molar-refractivity contribution >= 4 is 47.8 Å². The Morgan fingerprint density at radius 2 is 0.361 bits per heavy atom. The van der Waals surface area contributed by atoms with Crippen LogP contribution < -0.4 is 0 Å². The molecule has 1 aliphatic heterocycles. The number of ether oxygens (including phenoxy) is 8. The van der Waals surface area contributed by atoms with Crippen LogP contribution in [0.5, 0.6) is 0 Å². The molecule has 1 aliphatic rings. The minimum absolute atomic E-state index is 0.0192. The quantitative estimate of drug-likeness (QED) is 0.0489. The number of carbonyl (C=O) groups is 8. The molecule has 392 valence electrons. The van der Waals surface area contributed by atoms with E-state index in [1.54, 1.807) is 55.4 Å². The highest BCUT2D eigenvalue weighted by Crippen LogP contribution is 2.35. The smallest absolute Gasteiger partial charge is 0.310 e. The van der Waals surface area contributed by atoms with Gasteiger partial charge in [-0.3, -0.25) is 38.4 Å². The first-order valence-corrected chi connectivity index (χ1v) is 24.7. The third-order valence-corrected chi connectivity index (χ3v) is 12.0. The Bertz CT molecular complexity index is 2090. The average molecular weight is 1010 g/mol. The Kier molecular flexibility index (Phi) is 20.9. The lowest BCUT2D eigenvalue weighted by Gasteiger charge is -2.11. The number of esters is 8. The predicted molar refractivity (Wildman–Crippen MR) is 257 cm³/mol. The van der Waals surface area contributed by atoms with Crippen molar-refractivity contribution in [3.8, 4) is 0 Å². The molecule has 4 N–H and O–H groups in total. The van der Waals surface area contributed by atoms with Crippen LogP contribution in [0, 0.1) is 0 Å². The second-order valence-electron chi connectivity index (χ2n) is 16.7. The number of hydrogen-bond donors (Lipinski definition) is 4. The van der Waals surface area contributed by atoms with Gasteiger partial charge in [-0.1, -0.05) is 0 Å². The van der Waals surface area contributed by atoms with Gasteiger partial charge in [-0.2, -0.15) is 0 Å². The third kappa shape index (κ3) is 14.5. The number of aromatic nitrogens is 4. The number of H-pyrrole nitrogens is 4. The lowest BCUT2D eigenvalue weighted by Crippen LogP contribution is -2.15. The molecule has 0 unspecified atom stereocenters. The maximum atomic E-state index is 13.5. The lowest BCUT2D eigenvalue weighted by molar-refractivity contribution is -0.143. The number of nitrogens with one attached hydrogen (secondary N) is 4. The van der Waals surface area contributed by atoms with Gasteiger partial charge in [-0.05, 0) is 99.9 Å². The SMILES string of the molecule is CCOC(=O)Cc1c2[nH]c(c1CC(=O)OCC)Cc1[nH]c(c(CC(=O)OCC)c1CC(=O)OCC)Cc1[nH]c(c(CC(=O)OCC)c1CC(=O)OCC)Cc1[nH]c(c(CC(=O)OCC)c1CC(=O)OCC)C2. The first kappa shape index (κ1) is 55.8. The van der Waals surface area contributed by atoms with Crippen LogP contribution in [0.25, 0.3) is 0 Å². The Labute approximate surface area is 418 Å². The van der Waals surface area contributed by atoms with E-state index >= 15 is 0 Å². The number of carbonyl (C=O) groups excluding carboxylic acids is 8. The molecule has 0 spiro atoms. The zero-order valence-electron chi connectivity index (χ0n) is 42.7. The van der Waals surface area contributed by atoms with Gasteiger partial charge in [0.05, 0.1) is 104 Å². The molecule has 4 aromatic heterocycles. The molecule has 5 heterocycles. The largest absolute Gasteiger partial charge is 0.466 e. The molecule has 0 radical (unpaired) electrons. The second-order valence-corrected chi connectivity index (χ2v) is 16.7. The first-order chi connectivity index (χ1) is 34.6. The van der Waals surface area contributed by atoms with Gasteiger partial charge in [0.2, 0.25) is 0 Å². The highest BCUT2D eigenvalue weighted by molar-refractivity contribution is 5.81. The standard InChI is InChI=1S/C52H68N4O16/c1-9-65-45(57)17-29-30(18-46(58)66-10-2)38-26-40-33(21-49(61)69-13-5)34(22-50(62)70-14-6)42(55-40)28-44-36(24-52(64)72-16-8)35(23-51(63)71-15-7)43(56-44)27-41-32(20-48(60)68-12-4)31(19-47(59)67-11-3)39(54-41)25-37(29)53-38/h53-56H,9-28H2,1-8H3. The van der Waals surface area contributed by atoms with Crippen LogP contribution >= 0.6 is 0 Å². The molecule has 5 rings (SSSR count). The van der Waals surface area contributed by atoms with Crippen molar-refractivity contribution in [3.05, 3.63) is 90.1 Å². The summed E-state index contributed by atoms with van der Waals surface area (Å²) in [5.74, 6) is -4.67. The Balaban J connectivity index is 1.97. The summed E-state index contributed by atoms with van der Waals surface area (Å²) in [5, 5.41) is 0. The van der Waals surface area contributed by atoms with E-state index in [-0.39, 0.29) is 130 Å². The first-order valence-electron chi connectivity index (χ1n) is 24.7. The van der Waals surface area contributed by atoms with E-state index in [4.69, 9.17) is 37.9 Å². The van der Waals surface area contributed by atoms with Crippen molar-refractivity contribution in [2.75, 3.05) is 52.9 Å². The number of rotatable bonds is 24. The molecule has 0 aromatic carbocycles. The summed E-state index contributed by atoms with van der Waals surface area (Å²) in [4.78, 5) is 122. The Hall–Kier alpha value is -7.12. The van der Waals surface area contributed by atoms with Crippen LogP contribution in [0.3, 0.4) is 0 Å². The fraction of sp³-hybridized carbons (Fsp3) is 0.538. The van der Waals surface area contributed by atoms with Crippen LogP contribution in [0.1, 0.15) is 145 Å².